The molecular formula is C17H19ClN2O. The van der Waals surface area contributed by atoms with Crippen molar-refractivity contribution < 1.29 is 4.79 Å². The maximum absolute atomic E-state index is 11.7. The van der Waals surface area contributed by atoms with Gasteiger partial charge in [0.05, 0.1) is 0 Å². The smallest absolute Gasteiger partial charge is 0.251 e. The summed E-state index contributed by atoms with van der Waals surface area (Å²) >= 11 is 5.89. The Balaban J connectivity index is 2.02. The van der Waals surface area contributed by atoms with Gasteiger partial charge in [0, 0.05) is 28.9 Å². The molecule has 0 spiro atoms. The van der Waals surface area contributed by atoms with Gasteiger partial charge < -0.3 is 10.6 Å². The normalized spacial score (nSPS) is 11.8. The van der Waals surface area contributed by atoms with Crippen molar-refractivity contribution in [2.45, 2.75) is 19.9 Å². The van der Waals surface area contributed by atoms with Crippen LogP contribution in [-0.4, -0.2) is 12.5 Å². The summed E-state index contributed by atoms with van der Waals surface area (Å²) in [4.78, 5) is 11.7. The first-order valence-corrected chi connectivity index (χ1v) is 7.38. The van der Waals surface area contributed by atoms with E-state index < -0.39 is 0 Å². The quantitative estimate of drug-likeness (QED) is 0.866. The minimum absolute atomic E-state index is 0.0465. The summed E-state index contributed by atoms with van der Waals surface area (Å²) in [6.45, 7) is 4.62. The van der Waals surface area contributed by atoms with Crippen LogP contribution in [0.15, 0.2) is 48.5 Å². The summed E-state index contributed by atoms with van der Waals surface area (Å²) in [6.07, 6.45) is 0. The Hall–Kier alpha value is -2.00. The molecule has 2 aromatic rings. The van der Waals surface area contributed by atoms with E-state index >= 15 is 0 Å². The molecule has 0 aliphatic rings. The van der Waals surface area contributed by atoms with Gasteiger partial charge in [-0.15, -0.1) is 0 Å². The first-order chi connectivity index (χ1) is 10.1. The molecule has 1 amide bonds. The summed E-state index contributed by atoms with van der Waals surface area (Å²) in [5.41, 5.74) is 2.80. The molecule has 0 bridgehead atoms. The van der Waals surface area contributed by atoms with Crippen LogP contribution in [0.2, 0.25) is 5.02 Å². The molecule has 110 valence electrons. The van der Waals surface area contributed by atoms with Crippen LogP contribution in [0.3, 0.4) is 0 Å². The lowest BCUT2D eigenvalue weighted by Gasteiger charge is -2.16. The van der Waals surface area contributed by atoms with Crippen molar-refractivity contribution in [2.24, 2.45) is 0 Å². The molecule has 0 saturated heterocycles. The van der Waals surface area contributed by atoms with E-state index in [0.29, 0.717) is 12.1 Å². The molecular weight excluding hydrogens is 284 g/mol. The zero-order valence-corrected chi connectivity index (χ0v) is 12.9. The Morgan fingerprint density at radius 3 is 2.29 bits per heavy atom. The summed E-state index contributed by atoms with van der Waals surface area (Å²) < 4.78 is 0. The molecule has 0 saturated carbocycles. The fraction of sp³-hybridized carbons (Fsp3) is 0.235. The summed E-state index contributed by atoms with van der Waals surface area (Å²) in [7, 11) is 0. The first-order valence-electron chi connectivity index (χ1n) is 7.00. The lowest BCUT2D eigenvalue weighted by Crippen LogP contribution is -2.22. The zero-order valence-electron chi connectivity index (χ0n) is 12.2. The number of benzene rings is 2. The number of carbonyl (C=O) groups excluding carboxylic acids is 1. The Bertz CT molecular complexity index is 593. The van der Waals surface area contributed by atoms with Gasteiger partial charge in [-0.3, -0.25) is 4.79 Å². The molecule has 1 unspecified atom stereocenters. The second kappa shape index (κ2) is 7.14. The number of halogens is 1. The Morgan fingerprint density at radius 2 is 1.71 bits per heavy atom. The predicted molar refractivity (Wildman–Crippen MR) is 87.9 cm³/mol. The molecule has 4 heteroatoms. The average molecular weight is 303 g/mol. The second-order valence-corrected chi connectivity index (χ2v) is 5.29. The van der Waals surface area contributed by atoms with Gasteiger partial charge >= 0.3 is 0 Å². The van der Waals surface area contributed by atoms with Crippen LogP contribution in [0.4, 0.5) is 5.69 Å². The number of rotatable bonds is 5. The summed E-state index contributed by atoms with van der Waals surface area (Å²) in [6, 6.07) is 15.4. The van der Waals surface area contributed by atoms with Gasteiger partial charge in [0.25, 0.3) is 5.91 Å². The van der Waals surface area contributed by atoms with Crippen molar-refractivity contribution in [2.75, 3.05) is 11.9 Å². The van der Waals surface area contributed by atoms with Crippen LogP contribution in [0, 0.1) is 0 Å². The van der Waals surface area contributed by atoms with E-state index in [-0.39, 0.29) is 11.9 Å². The van der Waals surface area contributed by atoms with Gasteiger partial charge in [-0.05, 0) is 55.8 Å². The van der Waals surface area contributed by atoms with Crippen LogP contribution in [-0.2, 0) is 0 Å². The van der Waals surface area contributed by atoms with Gasteiger partial charge in [-0.2, -0.15) is 0 Å². The average Bonchev–Trinajstić information content (AvgIpc) is 2.49. The fourth-order valence-corrected chi connectivity index (χ4v) is 2.19. The third-order valence-electron chi connectivity index (χ3n) is 3.24. The van der Waals surface area contributed by atoms with Crippen molar-refractivity contribution in [3.8, 4) is 0 Å². The third kappa shape index (κ3) is 4.23. The molecule has 3 nitrogen and oxygen atoms in total. The number of carbonyl (C=O) groups is 1. The van der Waals surface area contributed by atoms with E-state index in [0.717, 1.165) is 16.3 Å². The summed E-state index contributed by atoms with van der Waals surface area (Å²) in [5, 5.41) is 6.92. The van der Waals surface area contributed by atoms with Crippen LogP contribution in [0.25, 0.3) is 0 Å². The molecule has 21 heavy (non-hydrogen) atoms. The highest BCUT2D eigenvalue weighted by molar-refractivity contribution is 6.30. The molecule has 0 radical (unpaired) electrons. The summed E-state index contributed by atoms with van der Waals surface area (Å²) in [5.74, 6) is -0.0465. The molecule has 2 N–H and O–H groups in total. The van der Waals surface area contributed by atoms with Gasteiger partial charge in [-0.1, -0.05) is 23.7 Å². The van der Waals surface area contributed by atoms with Crippen LogP contribution in [0.5, 0.6) is 0 Å². The number of hydrogen-bond donors (Lipinski definition) is 2. The van der Waals surface area contributed by atoms with Gasteiger partial charge in [0.1, 0.15) is 0 Å². The number of anilines is 1. The number of amides is 1. The molecule has 2 rings (SSSR count). The molecule has 0 fully saturated rings. The van der Waals surface area contributed by atoms with Gasteiger partial charge in [0.15, 0.2) is 0 Å². The zero-order chi connectivity index (χ0) is 15.2. The maximum Gasteiger partial charge on any atom is 0.251 e. The van der Waals surface area contributed by atoms with E-state index in [4.69, 9.17) is 11.6 Å². The molecule has 0 heterocycles. The van der Waals surface area contributed by atoms with E-state index in [1.807, 2.05) is 55.5 Å². The van der Waals surface area contributed by atoms with E-state index in [1.54, 1.807) is 0 Å². The second-order valence-electron chi connectivity index (χ2n) is 4.85. The monoisotopic (exact) mass is 302 g/mol. The lowest BCUT2D eigenvalue weighted by atomic mass is 10.1. The van der Waals surface area contributed by atoms with Gasteiger partial charge in [-0.25, -0.2) is 0 Å². The highest BCUT2D eigenvalue weighted by atomic mass is 35.5. The highest BCUT2D eigenvalue weighted by Gasteiger charge is 2.07. The largest absolute Gasteiger partial charge is 0.379 e. The third-order valence-corrected chi connectivity index (χ3v) is 3.49. The van der Waals surface area contributed by atoms with Crippen molar-refractivity contribution in [1.82, 2.24) is 5.32 Å². The Labute approximate surface area is 130 Å². The van der Waals surface area contributed by atoms with Crippen molar-refractivity contribution in [1.29, 1.82) is 0 Å². The predicted octanol–water partition coefficient (Wildman–Crippen LogP) is 4.26. The Kier molecular flexibility index (Phi) is 5.23. The van der Waals surface area contributed by atoms with Crippen molar-refractivity contribution in [3.05, 3.63) is 64.7 Å². The lowest BCUT2D eigenvalue weighted by molar-refractivity contribution is 0.0956. The molecule has 0 aromatic heterocycles. The van der Waals surface area contributed by atoms with E-state index in [9.17, 15) is 4.79 Å². The highest BCUT2D eigenvalue weighted by Crippen LogP contribution is 2.21. The standard InChI is InChI=1S/C17H19ClN2O/c1-3-19-17(21)14-6-10-16(11-7-14)20-12(2)13-4-8-15(18)9-5-13/h4-12,20H,3H2,1-2H3,(H,19,21). The minimum Gasteiger partial charge on any atom is -0.379 e. The van der Waals surface area contributed by atoms with Crippen LogP contribution in [0.1, 0.15) is 35.8 Å². The van der Waals surface area contributed by atoms with Crippen molar-refractivity contribution in [3.63, 3.8) is 0 Å². The van der Waals surface area contributed by atoms with Crippen LogP contribution >= 0.6 is 11.6 Å². The fourth-order valence-electron chi connectivity index (χ4n) is 2.07. The Morgan fingerprint density at radius 1 is 1.10 bits per heavy atom. The number of hydrogen-bond acceptors (Lipinski definition) is 2. The van der Waals surface area contributed by atoms with Crippen LogP contribution < -0.4 is 10.6 Å². The molecule has 0 aliphatic heterocycles. The van der Waals surface area contributed by atoms with E-state index in [1.165, 1.54) is 0 Å². The molecule has 2 aromatic carbocycles. The topological polar surface area (TPSA) is 41.1 Å². The SMILES string of the molecule is CCNC(=O)c1ccc(NC(C)c2ccc(Cl)cc2)cc1. The molecule has 0 aliphatic carbocycles. The first kappa shape index (κ1) is 15.4. The number of nitrogens with one attached hydrogen (secondary N) is 2. The molecule has 1 atom stereocenters. The maximum atomic E-state index is 11.7. The van der Waals surface area contributed by atoms with Crippen molar-refractivity contribution >= 4 is 23.2 Å². The van der Waals surface area contributed by atoms with Gasteiger partial charge in [0.2, 0.25) is 0 Å². The van der Waals surface area contributed by atoms with E-state index in [2.05, 4.69) is 17.6 Å². The minimum atomic E-state index is -0.0465.